The SMILES string of the molecule is CN1C(=O)Cc2cc(C(Cl)C3CCCCCC3)ccc21. The zero-order valence-electron chi connectivity index (χ0n) is 12.1. The molecule has 0 spiro atoms. The van der Waals surface area contributed by atoms with E-state index in [4.69, 9.17) is 11.6 Å². The van der Waals surface area contributed by atoms with E-state index in [-0.39, 0.29) is 11.3 Å². The minimum Gasteiger partial charge on any atom is -0.315 e. The number of halogens is 1. The molecule has 3 rings (SSSR count). The Kier molecular flexibility index (Phi) is 4.02. The predicted molar refractivity (Wildman–Crippen MR) is 83.3 cm³/mol. The molecule has 0 radical (unpaired) electrons. The minimum absolute atomic E-state index is 0.0967. The summed E-state index contributed by atoms with van der Waals surface area (Å²) in [7, 11) is 1.84. The van der Waals surface area contributed by atoms with Gasteiger partial charge in [-0.2, -0.15) is 0 Å². The van der Waals surface area contributed by atoms with Gasteiger partial charge in [0.2, 0.25) is 5.91 Å². The zero-order chi connectivity index (χ0) is 14.1. The summed E-state index contributed by atoms with van der Waals surface area (Å²) in [5.74, 6) is 0.768. The fourth-order valence-corrected chi connectivity index (χ4v) is 3.93. The van der Waals surface area contributed by atoms with Gasteiger partial charge in [0, 0.05) is 12.7 Å². The molecule has 108 valence electrons. The van der Waals surface area contributed by atoms with Crippen molar-refractivity contribution in [3.63, 3.8) is 0 Å². The summed E-state index contributed by atoms with van der Waals surface area (Å²) in [6, 6.07) is 6.32. The van der Waals surface area contributed by atoms with E-state index >= 15 is 0 Å². The molecule has 2 nitrogen and oxygen atoms in total. The van der Waals surface area contributed by atoms with E-state index < -0.39 is 0 Å². The normalized spacial score (nSPS) is 21.7. The third-order valence-electron chi connectivity index (χ3n) is 4.81. The summed E-state index contributed by atoms with van der Waals surface area (Å²) in [6.07, 6.45) is 8.31. The van der Waals surface area contributed by atoms with Crippen molar-refractivity contribution in [1.29, 1.82) is 0 Å². The zero-order valence-corrected chi connectivity index (χ0v) is 12.8. The van der Waals surface area contributed by atoms with Gasteiger partial charge in [-0.1, -0.05) is 37.8 Å². The van der Waals surface area contributed by atoms with Gasteiger partial charge in [0.15, 0.2) is 0 Å². The molecule has 0 bridgehead atoms. The molecule has 20 heavy (non-hydrogen) atoms. The first-order valence-corrected chi connectivity index (χ1v) is 8.14. The molecule has 0 aromatic heterocycles. The van der Waals surface area contributed by atoms with Crippen LogP contribution in [0.5, 0.6) is 0 Å². The summed E-state index contributed by atoms with van der Waals surface area (Å²) in [5.41, 5.74) is 3.37. The van der Waals surface area contributed by atoms with Gasteiger partial charge >= 0.3 is 0 Å². The van der Waals surface area contributed by atoms with Crippen LogP contribution in [0.1, 0.15) is 55.0 Å². The van der Waals surface area contributed by atoms with Crippen molar-refractivity contribution in [2.45, 2.75) is 50.3 Å². The highest BCUT2D eigenvalue weighted by atomic mass is 35.5. The second kappa shape index (κ2) is 5.77. The molecular weight excluding hydrogens is 270 g/mol. The molecule has 1 aromatic rings. The van der Waals surface area contributed by atoms with Gasteiger partial charge < -0.3 is 4.90 Å². The Balaban J connectivity index is 1.80. The smallest absolute Gasteiger partial charge is 0.231 e. The summed E-state index contributed by atoms with van der Waals surface area (Å²) in [4.78, 5) is 13.5. The van der Waals surface area contributed by atoms with Crippen molar-refractivity contribution < 1.29 is 4.79 Å². The number of fused-ring (bicyclic) bond motifs is 1. The Labute approximate surface area is 126 Å². The summed E-state index contributed by atoms with van der Waals surface area (Å²) >= 11 is 6.73. The first kappa shape index (κ1) is 13.9. The van der Waals surface area contributed by atoms with Crippen LogP contribution in [0.4, 0.5) is 5.69 Å². The molecule has 0 N–H and O–H groups in total. The van der Waals surface area contributed by atoms with Gasteiger partial charge in [0.1, 0.15) is 0 Å². The van der Waals surface area contributed by atoms with Crippen molar-refractivity contribution >= 4 is 23.2 Å². The third-order valence-corrected chi connectivity index (χ3v) is 5.42. The van der Waals surface area contributed by atoms with E-state index in [1.807, 2.05) is 7.05 Å². The van der Waals surface area contributed by atoms with Crippen molar-refractivity contribution in [3.05, 3.63) is 29.3 Å². The number of rotatable bonds is 2. The topological polar surface area (TPSA) is 20.3 Å². The second-order valence-electron chi connectivity index (χ2n) is 6.17. The minimum atomic E-state index is 0.0967. The number of anilines is 1. The maximum absolute atomic E-state index is 11.8. The number of amides is 1. The van der Waals surface area contributed by atoms with Crippen LogP contribution in [0.3, 0.4) is 0 Å². The fourth-order valence-electron chi connectivity index (χ4n) is 3.54. The maximum atomic E-state index is 11.8. The molecule has 3 heteroatoms. The van der Waals surface area contributed by atoms with E-state index in [1.54, 1.807) is 4.90 Å². The van der Waals surface area contributed by atoms with E-state index in [0.717, 1.165) is 11.3 Å². The van der Waals surface area contributed by atoms with Gasteiger partial charge in [0.05, 0.1) is 11.8 Å². The molecule has 1 unspecified atom stereocenters. The Hall–Kier alpha value is -1.02. The predicted octanol–water partition coefficient (Wildman–Crippen LogP) is 4.46. The molecule has 1 aliphatic heterocycles. The number of carbonyl (C=O) groups is 1. The van der Waals surface area contributed by atoms with E-state index in [0.29, 0.717) is 12.3 Å². The van der Waals surface area contributed by atoms with Crippen LogP contribution in [0.25, 0.3) is 0 Å². The quantitative estimate of drug-likeness (QED) is 0.582. The van der Waals surface area contributed by atoms with Gasteiger partial charge in [0.25, 0.3) is 0 Å². The molecule has 1 amide bonds. The number of hydrogen-bond donors (Lipinski definition) is 0. The lowest BCUT2D eigenvalue weighted by Crippen LogP contribution is -2.20. The van der Waals surface area contributed by atoms with Crippen molar-refractivity contribution in [2.24, 2.45) is 5.92 Å². The van der Waals surface area contributed by atoms with Crippen LogP contribution < -0.4 is 4.90 Å². The molecule has 1 aromatic carbocycles. The fraction of sp³-hybridized carbons (Fsp3) is 0.588. The maximum Gasteiger partial charge on any atom is 0.231 e. The average Bonchev–Trinajstić information content (AvgIpc) is 2.65. The molecular formula is C17H22ClNO. The van der Waals surface area contributed by atoms with E-state index in [1.165, 1.54) is 44.1 Å². The molecule has 2 aliphatic rings. The number of alkyl halides is 1. The summed E-state index contributed by atoms with van der Waals surface area (Å²) in [5, 5.41) is 0.0967. The largest absolute Gasteiger partial charge is 0.315 e. The molecule has 1 heterocycles. The standard InChI is InChI=1S/C17H22ClNO/c1-19-15-9-8-13(10-14(15)11-16(19)20)17(18)12-6-4-2-3-5-7-12/h8-10,12,17H,2-7,11H2,1H3. The molecule has 1 saturated carbocycles. The molecule has 1 aliphatic carbocycles. The van der Waals surface area contributed by atoms with Gasteiger partial charge in [-0.15, -0.1) is 11.6 Å². The number of benzene rings is 1. The number of nitrogens with zero attached hydrogens (tertiary/aromatic N) is 1. The number of carbonyl (C=O) groups excluding carboxylic acids is 1. The van der Waals surface area contributed by atoms with Crippen LogP contribution in [0.15, 0.2) is 18.2 Å². The third kappa shape index (κ3) is 2.58. The van der Waals surface area contributed by atoms with Gasteiger partial charge in [-0.25, -0.2) is 0 Å². The van der Waals surface area contributed by atoms with Crippen LogP contribution in [-0.4, -0.2) is 13.0 Å². The van der Waals surface area contributed by atoms with E-state index in [9.17, 15) is 4.79 Å². The van der Waals surface area contributed by atoms with Crippen molar-refractivity contribution in [2.75, 3.05) is 11.9 Å². The van der Waals surface area contributed by atoms with Crippen molar-refractivity contribution in [3.8, 4) is 0 Å². The molecule has 1 atom stereocenters. The van der Waals surface area contributed by atoms with Crippen LogP contribution in [0.2, 0.25) is 0 Å². The first-order valence-electron chi connectivity index (χ1n) is 7.70. The Morgan fingerprint density at radius 3 is 2.60 bits per heavy atom. The van der Waals surface area contributed by atoms with Crippen LogP contribution in [-0.2, 0) is 11.2 Å². The Bertz CT molecular complexity index is 506. The van der Waals surface area contributed by atoms with Gasteiger partial charge in [-0.05, 0) is 36.0 Å². The average molecular weight is 292 g/mol. The highest BCUT2D eigenvalue weighted by Crippen LogP contribution is 2.40. The Morgan fingerprint density at radius 1 is 1.20 bits per heavy atom. The number of likely N-dealkylation sites (N-methyl/N-ethyl adjacent to an activating group) is 1. The van der Waals surface area contributed by atoms with Crippen molar-refractivity contribution in [1.82, 2.24) is 0 Å². The van der Waals surface area contributed by atoms with Gasteiger partial charge in [-0.3, -0.25) is 4.79 Å². The van der Waals surface area contributed by atoms with E-state index in [2.05, 4.69) is 18.2 Å². The van der Waals surface area contributed by atoms with Crippen LogP contribution in [0, 0.1) is 5.92 Å². The monoisotopic (exact) mass is 291 g/mol. The number of hydrogen-bond acceptors (Lipinski definition) is 1. The van der Waals surface area contributed by atoms with Crippen LogP contribution >= 0.6 is 11.6 Å². The lowest BCUT2D eigenvalue weighted by Gasteiger charge is -2.21. The molecule has 0 saturated heterocycles. The summed E-state index contributed by atoms with van der Waals surface area (Å²) in [6.45, 7) is 0. The lowest BCUT2D eigenvalue weighted by atomic mass is 9.91. The molecule has 1 fully saturated rings. The second-order valence-corrected chi connectivity index (χ2v) is 6.64. The lowest BCUT2D eigenvalue weighted by molar-refractivity contribution is -0.117. The summed E-state index contributed by atoms with van der Waals surface area (Å²) < 4.78 is 0. The highest BCUT2D eigenvalue weighted by Gasteiger charge is 2.27. The Morgan fingerprint density at radius 2 is 1.90 bits per heavy atom. The highest BCUT2D eigenvalue weighted by molar-refractivity contribution is 6.21. The first-order chi connectivity index (χ1) is 9.66.